The predicted molar refractivity (Wildman–Crippen MR) is 85.0 cm³/mol. The molecule has 0 spiro atoms. The molecule has 1 fully saturated rings. The highest BCUT2D eigenvalue weighted by atomic mass is 32.2. The molecule has 118 valence electrons. The molecule has 1 aliphatic carbocycles. The van der Waals surface area contributed by atoms with E-state index in [1.54, 1.807) is 16.4 Å². The van der Waals surface area contributed by atoms with Crippen molar-refractivity contribution in [2.45, 2.75) is 50.0 Å². The summed E-state index contributed by atoms with van der Waals surface area (Å²) in [5, 5.41) is 0. The third-order valence-electron chi connectivity index (χ3n) is 4.48. The average molecular weight is 319 g/mol. The van der Waals surface area contributed by atoms with E-state index in [1.807, 2.05) is 25.1 Å². The van der Waals surface area contributed by atoms with Crippen LogP contribution in [0.25, 0.3) is 0 Å². The van der Waals surface area contributed by atoms with Gasteiger partial charge in [0.25, 0.3) is 0 Å². The van der Waals surface area contributed by atoms with Gasteiger partial charge >= 0.3 is 0 Å². The van der Waals surface area contributed by atoms with Gasteiger partial charge in [-0.05, 0) is 44.7 Å². The predicted octanol–water partition coefficient (Wildman–Crippen LogP) is 2.83. The summed E-state index contributed by atoms with van der Waals surface area (Å²) in [6, 6.07) is 6.66. The van der Waals surface area contributed by atoms with Crippen LogP contribution < -0.4 is 0 Å². The second-order valence-electron chi connectivity index (χ2n) is 6.06. The van der Waals surface area contributed by atoms with Gasteiger partial charge in [0.2, 0.25) is 10.0 Å². The lowest BCUT2D eigenvalue weighted by Gasteiger charge is -2.32. The molecule has 1 unspecified atom stereocenters. The minimum Gasteiger partial charge on any atom is -0.295 e. The van der Waals surface area contributed by atoms with Gasteiger partial charge in [0.1, 0.15) is 0 Å². The molecule has 1 heterocycles. The molecule has 0 amide bonds. The van der Waals surface area contributed by atoms with Crippen LogP contribution in [-0.2, 0) is 14.8 Å². The van der Waals surface area contributed by atoms with Crippen molar-refractivity contribution in [2.75, 3.05) is 6.54 Å². The Morgan fingerprint density at radius 1 is 1.14 bits per heavy atom. The number of sulfonamides is 1. The van der Waals surface area contributed by atoms with Crippen LogP contribution >= 0.6 is 0 Å². The first-order chi connectivity index (χ1) is 10.5. The largest absolute Gasteiger partial charge is 0.295 e. The smallest absolute Gasteiger partial charge is 0.243 e. The van der Waals surface area contributed by atoms with E-state index < -0.39 is 10.0 Å². The maximum atomic E-state index is 13.0. The number of rotatable bonds is 2. The van der Waals surface area contributed by atoms with Crippen LogP contribution in [0.1, 0.15) is 37.7 Å². The molecule has 0 saturated carbocycles. The summed E-state index contributed by atoms with van der Waals surface area (Å²) < 4.78 is 27.5. The van der Waals surface area contributed by atoms with E-state index >= 15 is 0 Å². The number of Topliss-reactive ketones (excluding diaryl/α,β-unsaturated/α-hetero) is 1. The van der Waals surface area contributed by atoms with Crippen molar-refractivity contribution in [2.24, 2.45) is 0 Å². The lowest BCUT2D eigenvalue weighted by molar-refractivity contribution is -0.115. The van der Waals surface area contributed by atoms with Crippen molar-refractivity contribution in [3.05, 3.63) is 41.5 Å². The molecule has 1 aromatic carbocycles. The van der Waals surface area contributed by atoms with Crippen molar-refractivity contribution < 1.29 is 13.2 Å². The summed E-state index contributed by atoms with van der Waals surface area (Å²) in [6.07, 6.45) is 5.53. The number of allylic oxidation sites excluding steroid dienone is 1. The topological polar surface area (TPSA) is 54.5 Å². The Kier molecular flexibility index (Phi) is 4.19. The Morgan fingerprint density at radius 2 is 1.86 bits per heavy atom. The molecule has 0 radical (unpaired) electrons. The van der Waals surface area contributed by atoms with Crippen LogP contribution in [0.5, 0.6) is 0 Å². The Morgan fingerprint density at radius 3 is 2.59 bits per heavy atom. The fraction of sp³-hybridized carbons (Fsp3) is 0.471. The van der Waals surface area contributed by atoms with Crippen molar-refractivity contribution in [1.82, 2.24) is 4.31 Å². The Bertz CT molecular complexity index is 704. The number of benzene rings is 1. The number of ketones is 1. The van der Waals surface area contributed by atoms with Crippen molar-refractivity contribution in [1.29, 1.82) is 0 Å². The Labute approximate surface area is 131 Å². The molecule has 1 aromatic rings. The standard InChI is InChI=1S/C17H21NO3S/c1-13-8-10-14(11-9-13)22(20,21)18-12-4-7-17(19)15-5-2-3-6-16(15)18/h5,8-11,16H,2-4,6-7,12H2,1H3. The highest BCUT2D eigenvalue weighted by Gasteiger charge is 2.38. The van der Waals surface area contributed by atoms with Gasteiger partial charge in [-0.1, -0.05) is 23.8 Å². The minimum atomic E-state index is -3.56. The van der Waals surface area contributed by atoms with Gasteiger partial charge in [-0.25, -0.2) is 8.42 Å². The fourth-order valence-electron chi connectivity index (χ4n) is 3.29. The van der Waals surface area contributed by atoms with Gasteiger partial charge < -0.3 is 0 Å². The molecule has 1 aliphatic heterocycles. The SMILES string of the molecule is Cc1ccc(S(=O)(=O)N2CCCC(=O)C3=CCCCC32)cc1. The molecule has 5 heteroatoms. The number of nitrogens with zero attached hydrogens (tertiary/aromatic N) is 1. The summed E-state index contributed by atoms with van der Waals surface area (Å²) in [5.41, 5.74) is 1.74. The third-order valence-corrected chi connectivity index (χ3v) is 6.41. The average Bonchev–Trinajstić information content (AvgIpc) is 2.68. The molecule has 3 rings (SSSR count). The summed E-state index contributed by atoms with van der Waals surface area (Å²) in [6.45, 7) is 2.35. The fourth-order valence-corrected chi connectivity index (χ4v) is 4.96. The zero-order valence-corrected chi connectivity index (χ0v) is 13.6. The van der Waals surface area contributed by atoms with Gasteiger partial charge in [-0.15, -0.1) is 0 Å². The zero-order chi connectivity index (χ0) is 15.7. The van der Waals surface area contributed by atoms with E-state index in [2.05, 4.69) is 0 Å². The van der Waals surface area contributed by atoms with E-state index in [0.29, 0.717) is 29.9 Å². The second-order valence-corrected chi connectivity index (χ2v) is 7.95. The minimum absolute atomic E-state index is 0.117. The highest BCUT2D eigenvalue weighted by Crippen LogP contribution is 2.32. The zero-order valence-electron chi connectivity index (χ0n) is 12.8. The van der Waals surface area contributed by atoms with Gasteiger partial charge in [0, 0.05) is 18.5 Å². The lowest BCUT2D eigenvalue weighted by Crippen LogP contribution is -2.42. The molecule has 22 heavy (non-hydrogen) atoms. The monoisotopic (exact) mass is 319 g/mol. The molecule has 2 aliphatic rings. The highest BCUT2D eigenvalue weighted by molar-refractivity contribution is 7.89. The molecule has 0 N–H and O–H groups in total. The molecule has 4 nitrogen and oxygen atoms in total. The van der Waals surface area contributed by atoms with Gasteiger partial charge in [0.15, 0.2) is 5.78 Å². The van der Waals surface area contributed by atoms with E-state index in [1.165, 1.54) is 0 Å². The third kappa shape index (κ3) is 2.75. The van der Waals surface area contributed by atoms with Crippen LogP contribution in [0.4, 0.5) is 0 Å². The quantitative estimate of drug-likeness (QED) is 0.842. The van der Waals surface area contributed by atoms with E-state index in [-0.39, 0.29) is 11.8 Å². The van der Waals surface area contributed by atoms with Crippen LogP contribution in [0.15, 0.2) is 40.8 Å². The summed E-state index contributed by atoms with van der Waals surface area (Å²) >= 11 is 0. The Balaban J connectivity index is 2.01. The van der Waals surface area contributed by atoms with Crippen LogP contribution in [0.2, 0.25) is 0 Å². The van der Waals surface area contributed by atoms with Crippen LogP contribution in [0.3, 0.4) is 0 Å². The van der Waals surface area contributed by atoms with Crippen LogP contribution in [-0.4, -0.2) is 31.1 Å². The maximum Gasteiger partial charge on any atom is 0.243 e. The summed E-state index contributed by atoms with van der Waals surface area (Å²) in [4.78, 5) is 12.5. The Hall–Kier alpha value is -1.46. The first kappa shape index (κ1) is 15.4. The van der Waals surface area contributed by atoms with Crippen molar-refractivity contribution in [3.63, 3.8) is 0 Å². The van der Waals surface area contributed by atoms with Crippen molar-refractivity contribution in [3.8, 4) is 0 Å². The van der Waals surface area contributed by atoms with Crippen molar-refractivity contribution >= 4 is 15.8 Å². The summed E-state index contributed by atoms with van der Waals surface area (Å²) in [7, 11) is -3.56. The molecule has 1 atom stereocenters. The number of fused-ring (bicyclic) bond motifs is 1. The number of aryl methyl sites for hydroxylation is 1. The number of hydrogen-bond acceptors (Lipinski definition) is 3. The second kappa shape index (κ2) is 5.97. The molecule has 1 saturated heterocycles. The van der Waals surface area contributed by atoms with E-state index in [4.69, 9.17) is 0 Å². The van der Waals surface area contributed by atoms with E-state index in [9.17, 15) is 13.2 Å². The molecule has 0 aromatic heterocycles. The molecular formula is C17H21NO3S. The van der Waals surface area contributed by atoms with Gasteiger partial charge in [-0.3, -0.25) is 4.79 Å². The maximum absolute atomic E-state index is 13.0. The number of hydrogen-bond donors (Lipinski definition) is 0. The summed E-state index contributed by atoms with van der Waals surface area (Å²) in [5.74, 6) is 0.117. The first-order valence-electron chi connectivity index (χ1n) is 7.82. The van der Waals surface area contributed by atoms with Crippen LogP contribution in [0, 0.1) is 6.92 Å². The van der Waals surface area contributed by atoms with E-state index in [0.717, 1.165) is 24.8 Å². The number of carbonyl (C=O) groups is 1. The normalized spacial score (nSPS) is 23.6. The van der Waals surface area contributed by atoms with Gasteiger partial charge in [-0.2, -0.15) is 4.31 Å². The van der Waals surface area contributed by atoms with Gasteiger partial charge in [0.05, 0.1) is 10.9 Å². The molecular weight excluding hydrogens is 298 g/mol. The molecule has 0 bridgehead atoms. The lowest BCUT2D eigenvalue weighted by atomic mass is 9.91. The first-order valence-corrected chi connectivity index (χ1v) is 9.26. The number of carbonyl (C=O) groups excluding carboxylic acids is 1.